The normalized spacial score (nSPS) is 9.58. The minimum absolute atomic E-state index is 0.321. The van der Waals surface area contributed by atoms with Gasteiger partial charge < -0.3 is 4.74 Å². The Hall–Kier alpha value is -1.09. The lowest BCUT2D eigenvalue weighted by atomic mass is 10.2. The summed E-state index contributed by atoms with van der Waals surface area (Å²) in [6.45, 7) is 1.76. The first-order valence-corrected chi connectivity index (χ1v) is 3.73. The molecule has 0 unspecified atom stereocenters. The molecule has 0 aromatic carbocycles. The number of hydrogen-bond donors (Lipinski definition) is 0. The van der Waals surface area contributed by atoms with Crippen LogP contribution < -0.4 is 0 Å². The van der Waals surface area contributed by atoms with Gasteiger partial charge in [-0.3, -0.25) is 4.98 Å². The molecule has 0 bridgehead atoms. The van der Waals surface area contributed by atoms with Gasteiger partial charge in [-0.1, -0.05) is 11.6 Å². The summed E-state index contributed by atoms with van der Waals surface area (Å²) in [5, 5.41) is 0.321. The number of esters is 1. The van der Waals surface area contributed by atoms with Crippen molar-refractivity contribution < 1.29 is 9.53 Å². The number of ether oxygens (including phenoxy) is 1. The van der Waals surface area contributed by atoms with E-state index < -0.39 is 5.97 Å². The van der Waals surface area contributed by atoms with Gasteiger partial charge in [0.25, 0.3) is 0 Å². The van der Waals surface area contributed by atoms with Gasteiger partial charge in [0.2, 0.25) is 0 Å². The van der Waals surface area contributed by atoms with E-state index in [0.717, 1.165) is 0 Å². The SMILES string of the molecule is COC(=O)c1c(C)cncc1Cl. The van der Waals surface area contributed by atoms with Crippen molar-refractivity contribution >= 4 is 17.6 Å². The third-order valence-electron chi connectivity index (χ3n) is 1.48. The molecule has 0 amide bonds. The summed E-state index contributed by atoms with van der Waals surface area (Å²) in [5.74, 6) is -0.431. The molecule has 0 saturated carbocycles. The summed E-state index contributed by atoms with van der Waals surface area (Å²) in [6.07, 6.45) is 2.99. The lowest BCUT2D eigenvalue weighted by Gasteiger charge is -2.03. The second-order valence-electron chi connectivity index (χ2n) is 2.30. The molecule has 0 saturated heterocycles. The van der Waals surface area contributed by atoms with E-state index in [4.69, 9.17) is 11.6 Å². The van der Waals surface area contributed by atoms with Crippen LogP contribution in [0.15, 0.2) is 12.4 Å². The minimum atomic E-state index is -0.431. The number of carbonyl (C=O) groups excluding carboxylic acids is 1. The van der Waals surface area contributed by atoms with Gasteiger partial charge in [-0.25, -0.2) is 4.79 Å². The van der Waals surface area contributed by atoms with Gasteiger partial charge in [0, 0.05) is 12.4 Å². The van der Waals surface area contributed by atoms with E-state index in [-0.39, 0.29) is 0 Å². The van der Waals surface area contributed by atoms with E-state index in [1.807, 2.05) is 0 Å². The number of hydrogen-bond acceptors (Lipinski definition) is 3. The fourth-order valence-corrected chi connectivity index (χ4v) is 1.18. The van der Waals surface area contributed by atoms with Crippen molar-refractivity contribution in [2.75, 3.05) is 7.11 Å². The molecule has 1 aromatic rings. The van der Waals surface area contributed by atoms with Crippen LogP contribution in [0.25, 0.3) is 0 Å². The molecule has 64 valence electrons. The van der Waals surface area contributed by atoms with E-state index in [2.05, 4.69) is 9.72 Å². The lowest BCUT2D eigenvalue weighted by molar-refractivity contribution is 0.0600. The van der Waals surface area contributed by atoms with Crippen molar-refractivity contribution in [3.63, 3.8) is 0 Å². The number of rotatable bonds is 1. The first-order chi connectivity index (χ1) is 5.66. The number of carbonyl (C=O) groups is 1. The van der Waals surface area contributed by atoms with Crippen LogP contribution in [-0.4, -0.2) is 18.1 Å². The van der Waals surface area contributed by atoms with Gasteiger partial charge in [0.15, 0.2) is 0 Å². The topological polar surface area (TPSA) is 39.2 Å². The minimum Gasteiger partial charge on any atom is -0.465 e. The monoisotopic (exact) mass is 185 g/mol. The number of aryl methyl sites for hydroxylation is 1. The maximum atomic E-state index is 11.1. The third-order valence-corrected chi connectivity index (χ3v) is 1.77. The maximum Gasteiger partial charge on any atom is 0.339 e. The zero-order chi connectivity index (χ0) is 9.14. The first kappa shape index (κ1) is 9.00. The molecule has 1 heterocycles. The Morgan fingerprint density at radius 2 is 2.25 bits per heavy atom. The summed E-state index contributed by atoms with van der Waals surface area (Å²) in [7, 11) is 1.32. The predicted octanol–water partition coefficient (Wildman–Crippen LogP) is 1.83. The van der Waals surface area contributed by atoms with Gasteiger partial charge in [-0.05, 0) is 12.5 Å². The van der Waals surface area contributed by atoms with Crippen LogP contribution >= 0.6 is 11.6 Å². The number of halogens is 1. The van der Waals surface area contributed by atoms with E-state index in [1.165, 1.54) is 13.3 Å². The smallest absolute Gasteiger partial charge is 0.339 e. The van der Waals surface area contributed by atoms with Crippen LogP contribution in [0.1, 0.15) is 15.9 Å². The number of methoxy groups -OCH3 is 1. The average Bonchev–Trinajstić information content (AvgIpc) is 2.03. The molecule has 0 aliphatic heterocycles. The highest BCUT2D eigenvalue weighted by Gasteiger charge is 2.13. The molecule has 0 spiro atoms. The molecule has 0 atom stereocenters. The van der Waals surface area contributed by atoms with Crippen molar-refractivity contribution in [1.29, 1.82) is 0 Å². The first-order valence-electron chi connectivity index (χ1n) is 3.35. The highest BCUT2D eigenvalue weighted by molar-refractivity contribution is 6.33. The second kappa shape index (κ2) is 3.54. The molecule has 0 radical (unpaired) electrons. The van der Waals surface area contributed by atoms with Gasteiger partial charge in [0.1, 0.15) is 0 Å². The quantitative estimate of drug-likeness (QED) is 0.627. The Kier molecular flexibility index (Phi) is 2.65. The van der Waals surface area contributed by atoms with Gasteiger partial charge in [0.05, 0.1) is 17.7 Å². The van der Waals surface area contributed by atoms with Crippen LogP contribution in [0.2, 0.25) is 5.02 Å². The van der Waals surface area contributed by atoms with Crippen LogP contribution in [0.4, 0.5) is 0 Å². The van der Waals surface area contributed by atoms with E-state index >= 15 is 0 Å². The van der Waals surface area contributed by atoms with E-state index in [9.17, 15) is 4.79 Å². The zero-order valence-electron chi connectivity index (χ0n) is 6.80. The van der Waals surface area contributed by atoms with E-state index in [0.29, 0.717) is 16.1 Å². The van der Waals surface area contributed by atoms with Crippen LogP contribution in [0.3, 0.4) is 0 Å². The third kappa shape index (κ3) is 1.56. The highest BCUT2D eigenvalue weighted by atomic mass is 35.5. The summed E-state index contributed by atoms with van der Waals surface area (Å²) >= 11 is 5.74. The Bertz CT molecular complexity index is 292. The Morgan fingerprint density at radius 1 is 1.58 bits per heavy atom. The summed E-state index contributed by atoms with van der Waals surface area (Å²) in [6, 6.07) is 0. The largest absolute Gasteiger partial charge is 0.465 e. The molecule has 0 fully saturated rings. The summed E-state index contributed by atoms with van der Waals surface area (Å²) in [4.78, 5) is 14.9. The molecule has 4 heteroatoms. The molecule has 3 nitrogen and oxygen atoms in total. The molecule has 0 aliphatic carbocycles. The van der Waals surface area contributed by atoms with Crippen molar-refractivity contribution in [3.05, 3.63) is 28.5 Å². The van der Waals surface area contributed by atoms with Gasteiger partial charge in [-0.2, -0.15) is 0 Å². The molecule has 12 heavy (non-hydrogen) atoms. The van der Waals surface area contributed by atoms with Crippen LogP contribution in [0, 0.1) is 6.92 Å². The highest BCUT2D eigenvalue weighted by Crippen LogP contribution is 2.18. The van der Waals surface area contributed by atoms with Crippen molar-refractivity contribution in [2.45, 2.75) is 6.92 Å². The number of pyridine rings is 1. The maximum absolute atomic E-state index is 11.1. The van der Waals surface area contributed by atoms with Gasteiger partial charge in [-0.15, -0.1) is 0 Å². The standard InChI is InChI=1S/C8H8ClNO2/c1-5-3-10-4-6(9)7(5)8(11)12-2/h3-4H,1-2H3. The number of nitrogens with zero attached hydrogens (tertiary/aromatic N) is 1. The van der Waals surface area contributed by atoms with E-state index in [1.54, 1.807) is 13.1 Å². The Morgan fingerprint density at radius 3 is 2.75 bits per heavy atom. The molecule has 1 rings (SSSR count). The van der Waals surface area contributed by atoms with Crippen molar-refractivity contribution in [3.8, 4) is 0 Å². The van der Waals surface area contributed by atoms with Crippen LogP contribution in [-0.2, 0) is 4.74 Å². The van der Waals surface area contributed by atoms with Crippen molar-refractivity contribution in [1.82, 2.24) is 4.98 Å². The molecule has 0 aliphatic rings. The predicted molar refractivity (Wildman–Crippen MR) is 45.3 cm³/mol. The lowest BCUT2D eigenvalue weighted by Crippen LogP contribution is -2.04. The Labute approximate surface area is 75.3 Å². The fraction of sp³-hybridized carbons (Fsp3) is 0.250. The van der Waals surface area contributed by atoms with Crippen LogP contribution in [0.5, 0.6) is 0 Å². The summed E-state index contributed by atoms with van der Waals surface area (Å²) in [5.41, 5.74) is 1.10. The molecule has 0 N–H and O–H groups in total. The Balaban J connectivity index is 3.21. The van der Waals surface area contributed by atoms with Gasteiger partial charge >= 0.3 is 5.97 Å². The molecular formula is C8H8ClNO2. The number of aromatic nitrogens is 1. The van der Waals surface area contributed by atoms with Crippen molar-refractivity contribution in [2.24, 2.45) is 0 Å². The fourth-order valence-electron chi connectivity index (χ4n) is 0.893. The molecular weight excluding hydrogens is 178 g/mol. The zero-order valence-corrected chi connectivity index (χ0v) is 7.55. The molecule has 1 aromatic heterocycles. The second-order valence-corrected chi connectivity index (χ2v) is 2.71. The average molecular weight is 186 g/mol. The summed E-state index contributed by atoms with van der Waals surface area (Å²) < 4.78 is 4.55.